The molecule has 0 aliphatic carbocycles. The van der Waals surface area contributed by atoms with Crippen molar-refractivity contribution in [3.05, 3.63) is 40.3 Å². The lowest BCUT2D eigenvalue weighted by Crippen LogP contribution is -2.02. The topological polar surface area (TPSA) is 34.9 Å². The Morgan fingerprint density at radius 1 is 1.50 bits per heavy atom. The standard InChI is InChI=1S/C14H18N2OS/c1-2-16-11-12(10-15-16)9-13(17)5-3-6-14-7-4-8-18-14/h4,7-8,10-11H,2-3,5-6,9H2,1H3. The monoisotopic (exact) mass is 262 g/mol. The lowest BCUT2D eigenvalue weighted by molar-refractivity contribution is -0.118. The number of carbonyl (C=O) groups excluding carboxylic acids is 1. The van der Waals surface area contributed by atoms with Gasteiger partial charge in [0, 0.05) is 30.5 Å². The maximum Gasteiger partial charge on any atom is 0.137 e. The third-order valence-electron chi connectivity index (χ3n) is 2.87. The molecule has 0 saturated carbocycles. The normalized spacial score (nSPS) is 10.7. The smallest absolute Gasteiger partial charge is 0.137 e. The minimum absolute atomic E-state index is 0.308. The van der Waals surface area contributed by atoms with E-state index in [1.807, 2.05) is 17.8 Å². The Morgan fingerprint density at radius 3 is 3.06 bits per heavy atom. The summed E-state index contributed by atoms with van der Waals surface area (Å²) in [5.74, 6) is 0.308. The van der Waals surface area contributed by atoms with Gasteiger partial charge in [0.25, 0.3) is 0 Å². The number of thiophene rings is 1. The molecule has 96 valence electrons. The van der Waals surface area contributed by atoms with Crippen LogP contribution in [0.3, 0.4) is 0 Å². The molecule has 0 aromatic carbocycles. The first-order valence-electron chi connectivity index (χ1n) is 6.33. The van der Waals surface area contributed by atoms with Gasteiger partial charge in [-0.3, -0.25) is 9.48 Å². The molecule has 0 N–H and O–H groups in total. The molecule has 2 aromatic heterocycles. The van der Waals surface area contributed by atoms with Crippen LogP contribution >= 0.6 is 11.3 Å². The first-order chi connectivity index (χ1) is 8.78. The average molecular weight is 262 g/mol. The van der Waals surface area contributed by atoms with Crippen LogP contribution in [0.1, 0.15) is 30.2 Å². The van der Waals surface area contributed by atoms with Crippen molar-refractivity contribution >= 4 is 17.1 Å². The Hall–Kier alpha value is -1.42. The Labute approximate surface area is 111 Å². The van der Waals surface area contributed by atoms with Crippen molar-refractivity contribution in [1.29, 1.82) is 0 Å². The van der Waals surface area contributed by atoms with Crippen molar-refractivity contribution in [2.45, 2.75) is 39.2 Å². The zero-order valence-corrected chi connectivity index (χ0v) is 11.4. The molecule has 0 aliphatic heterocycles. The number of nitrogens with zero attached hydrogens (tertiary/aromatic N) is 2. The van der Waals surface area contributed by atoms with E-state index in [-0.39, 0.29) is 0 Å². The number of aromatic nitrogens is 2. The highest BCUT2D eigenvalue weighted by Crippen LogP contribution is 2.12. The predicted octanol–water partition coefficient (Wildman–Crippen LogP) is 3.10. The van der Waals surface area contributed by atoms with Gasteiger partial charge in [-0.25, -0.2) is 0 Å². The number of ketones is 1. The van der Waals surface area contributed by atoms with Gasteiger partial charge in [-0.15, -0.1) is 11.3 Å². The van der Waals surface area contributed by atoms with Gasteiger partial charge in [0.15, 0.2) is 0 Å². The minimum atomic E-state index is 0.308. The zero-order chi connectivity index (χ0) is 12.8. The molecule has 3 nitrogen and oxygen atoms in total. The summed E-state index contributed by atoms with van der Waals surface area (Å²) in [5.41, 5.74) is 1.03. The second kappa shape index (κ2) is 6.50. The highest BCUT2D eigenvalue weighted by molar-refractivity contribution is 7.09. The fraction of sp³-hybridized carbons (Fsp3) is 0.429. The molecule has 0 bridgehead atoms. The average Bonchev–Trinajstić information content (AvgIpc) is 3.00. The molecule has 0 fully saturated rings. The summed E-state index contributed by atoms with van der Waals surface area (Å²) in [6.45, 7) is 2.90. The van der Waals surface area contributed by atoms with Gasteiger partial charge in [-0.1, -0.05) is 6.07 Å². The van der Waals surface area contributed by atoms with Crippen molar-refractivity contribution in [1.82, 2.24) is 9.78 Å². The molecule has 0 atom stereocenters. The molecule has 2 rings (SSSR count). The molecule has 0 aliphatic rings. The van der Waals surface area contributed by atoms with Crippen LogP contribution in [0.5, 0.6) is 0 Å². The lowest BCUT2D eigenvalue weighted by Gasteiger charge is -1.98. The zero-order valence-electron chi connectivity index (χ0n) is 10.6. The van der Waals surface area contributed by atoms with E-state index in [0.29, 0.717) is 18.6 Å². The molecule has 18 heavy (non-hydrogen) atoms. The second-order valence-electron chi connectivity index (χ2n) is 4.35. The highest BCUT2D eigenvalue weighted by Gasteiger charge is 2.06. The summed E-state index contributed by atoms with van der Waals surface area (Å²) >= 11 is 1.76. The maximum absolute atomic E-state index is 11.8. The van der Waals surface area contributed by atoms with Gasteiger partial charge in [0.05, 0.1) is 6.20 Å². The summed E-state index contributed by atoms with van der Waals surface area (Å²) in [5, 5.41) is 6.25. The van der Waals surface area contributed by atoms with Gasteiger partial charge >= 0.3 is 0 Å². The predicted molar refractivity (Wildman–Crippen MR) is 73.9 cm³/mol. The van der Waals surface area contributed by atoms with E-state index >= 15 is 0 Å². The minimum Gasteiger partial charge on any atom is -0.299 e. The summed E-state index contributed by atoms with van der Waals surface area (Å²) in [4.78, 5) is 13.2. The van der Waals surface area contributed by atoms with Gasteiger partial charge in [0.2, 0.25) is 0 Å². The number of aryl methyl sites for hydroxylation is 2. The molecule has 4 heteroatoms. The van der Waals surface area contributed by atoms with E-state index in [4.69, 9.17) is 0 Å². The van der Waals surface area contributed by atoms with Crippen LogP contribution < -0.4 is 0 Å². The molecule has 0 spiro atoms. The summed E-state index contributed by atoms with van der Waals surface area (Å²) in [6, 6.07) is 4.18. The summed E-state index contributed by atoms with van der Waals surface area (Å²) < 4.78 is 1.86. The van der Waals surface area contributed by atoms with E-state index in [1.165, 1.54) is 4.88 Å². The third-order valence-corrected chi connectivity index (χ3v) is 3.81. The van der Waals surface area contributed by atoms with E-state index in [9.17, 15) is 4.79 Å². The molecule has 0 amide bonds. The number of hydrogen-bond acceptors (Lipinski definition) is 3. The molecule has 0 radical (unpaired) electrons. The second-order valence-corrected chi connectivity index (χ2v) is 5.38. The molecule has 2 heterocycles. The van der Waals surface area contributed by atoms with Gasteiger partial charge in [-0.05, 0) is 36.8 Å². The Morgan fingerprint density at radius 2 is 2.39 bits per heavy atom. The van der Waals surface area contributed by atoms with Crippen molar-refractivity contribution < 1.29 is 4.79 Å². The van der Waals surface area contributed by atoms with Gasteiger partial charge < -0.3 is 0 Å². The van der Waals surface area contributed by atoms with E-state index < -0.39 is 0 Å². The number of rotatable bonds is 7. The van der Waals surface area contributed by atoms with E-state index in [1.54, 1.807) is 17.5 Å². The van der Waals surface area contributed by atoms with Crippen LogP contribution in [-0.2, 0) is 24.2 Å². The fourth-order valence-corrected chi connectivity index (χ4v) is 2.65. The largest absolute Gasteiger partial charge is 0.299 e. The first-order valence-corrected chi connectivity index (χ1v) is 7.21. The Kier molecular flexibility index (Phi) is 4.70. The van der Waals surface area contributed by atoms with Gasteiger partial charge in [0.1, 0.15) is 5.78 Å². The molecular weight excluding hydrogens is 244 g/mol. The van der Waals surface area contributed by atoms with Crippen molar-refractivity contribution in [3.63, 3.8) is 0 Å². The van der Waals surface area contributed by atoms with Gasteiger partial charge in [-0.2, -0.15) is 5.10 Å². The molecule has 2 aromatic rings. The summed E-state index contributed by atoms with van der Waals surface area (Å²) in [7, 11) is 0. The van der Waals surface area contributed by atoms with Crippen LogP contribution in [0.4, 0.5) is 0 Å². The quantitative estimate of drug-likeness (QED) is 0.768. The van der Waals surface area contributed by atoms with Crippen LogP contribution in [0.2, 0.25) is 0 Å². The maximum atomic E-state index is 11.8. The number of hydrogen-bond donors (Lipinski definition) is 0. The third kappa shape index (κ3) is 3.81. The number of carbonyl (C=O) groups is 1. The molecule has 0 unspecified atom stereocenters. The molecular formula is C14H18N2OS. The van der Waals surface area contributed by atoms with Crippen LogP contribution in [0.25, 0.3) is 0 Å². The van der Waals surface area contributed by atoms with Crippen molar-refractivity contribution in [2.24, 2.45) is 0 Å². The highest BCUT2D eigenvalue weighted by atomic mass is 32.1. The first kappa shape index (κ1) is 13.0. The van der Waals surface area contributed by atoms with E-state index in [2.05, 4.69) is 22.6 Å². The van der Waals surface area contributed by atoms with E-state index in [0.717, 1.165) is 24.9 Å². The SMILES string of the molecule is CCn1cc(CC(=O)CCCc2cccs2)cn1. The van der Waals surface area contributed by atoms with Crippen molar-refractivity contribution in [2.75, 3.05) is 0 Å². The van der Waals surface area contributed by atoms with Crippen LogP contribution in [0, 0.1) is 0 Å². The fourth-order valence-electron chi connectivity index (χ4n) is 1.90. The Balaban J connectivity index is 1.71. The Bertz CT molecular complexity index is 488. The number of Topliss-reactive ketones (excluding diaryl/α,β-unsaturated/α-hetero) is 1. The summed E-state index contributed by atoms with van der Waals surface area (Å²) in [6.07, 6.45) is 6.89. The van der Waals surface area contributed by atoms with Crippen LogP contribution in [-0.4, -0.2) is 15.6 Å². The lowest BCUT2D eigenvalue weighted by atomic mass is 10.1. The van der Waals surface area contributed by atoms with Crippen molar-refractivity contribution in [3.8, 4) is 0 Å². The molecule has 0 saturated heterocycles. The van der Waals surface area contributed by atoms with Crippen LogP contribution in [0.15, 0.2) is 29.9 Å².